The van der Waals surface area contributed by atoms with E-state index in [1.807, 2.05) is 0 Å². The standard InChI is InChI=1S/C22H28Cl2N5O6P/c1-22(2,3)21(32)34-12-35-36(33)29-9-7-13(8-10-29)26-20(31)18-16(11-25-28-18)27-19(30)17-14(23)5-4-6-15(17)24/h4-6,11,13,33H,7-10,12H2,1-3H3,(H,25,28)(H,26,31)(H,27,30). The minimum absolute atomic E-state index is 0.0855. The van der Waals surface area contributed by atoms with Gasteiger partial charge in [0.25, 0.3) is 20.3 Å². The lowest BCUT2D eigenvalue weighted by Crippen LogP contribution is -2.43. The molecular formula is C22H28Cl2N5O6P. The van der Waals surface area contributed by atoms with E-state index in [1.54, 1.807) is 43.6 Å². The first-order valence-corrected chi connectivity index (χ1v) is 13.0. The van der Waals surface area contributed by atoms with Crippen LogP contribution < -0.4 is 10.6 Å². The van der Waals surface area contributed by atoms with Crippen molar-refractivity contribution in [1.29, 1.82) is 0 Å². The van der Waals surface area contributed by atoms with Crippen LogP contribution in [0.25, 0.3) is 0 Å². The molecule has 1 aliphatic heterocycles. The number of rotatable bonds is 8. The largest absolute Gasteiger partial charge is 0.438 e. The Bertz CT molecular complexity index is 1080. The zero-order valence-electron chi connectivity index (χ0n) is 20.0. The lowest BCUT2D eigenvalue weighted by molar-refractivity contribution is -0.159. The van der Waals surface area contributed by atoms with E-state index in [4.69, 9.17) is 32.5 Å². The Morgan fingerprint density at radius 3 is 2.44 bits per heavy atom. The Labute approximate surface area is 219 Å². The normalized spacial score (nSPS) is 15.8. The lowest BCUT2D eigenvalue weighted by Gasteiger charge is -2.33. The Morgan fingerprint density at radius 2 is 1.83 bits per heavy atom. The zero-order valence-corrected chi connectivity index (χ0v) is 22.4. The number of esters is 1. The number of anilines is 1. The number of hydrogen-bond acceptors (Lipinski definition) is 8. The number of amides is 2. The van der Waals surface area contributed by atoms with Gasteiger partial charge in [0, 0.05) is 19.1 Å². The van der Waals surface area contributed by atoms with Crippen LogP contribution in [0.2, 0.25) is 10.0 Å². The predicted octanol–water partition coefficient (Wildman–Crippen LogP) is 3.95. The zero-order chi connectivity index (χ0) is 26.5. The molecule has 1 saturated heterocycles. The van der Waals surface area contributed by atoms with Crippen LogP contribution in [0.15, 0.2) is 24.4 Å². The molecule has 1 aliphatic rings. The SMILES string of the molecule is CC(C)(C)C(=O)OCOP(O)N1CCC(NC(=O)c2[nH]ncc2NC(=O)c2c(Cl)cccc2Cl)CC1. The number of aromatic amines is 1. The van der Waals surface area contributed by atoms with Gasteiger partial charge in [0.2, 0.25) is 0 Å². The van der Waals surface area contributed by atoms with E-state index in [1.165, 1.54) is 6.20 Å². The van der Waals surface area contributed by atoms with Crippen molar-refractivity contribution in [2.75, 3.05) is 25.2 Å². The average Bonchev–Trinajstić information content (AvgIpc) is 3.27. The van der Waals surface area contributed by atoms with Gasteiger partial charge in [-0.1, -0.05) is 29.3 Å². The van der Waals surface area contributed by atoms with Gasteiger partial charge in [0.05, 0.1) is 32.9 Å². The van der Waals surface area contributed by atoms with Gasteiger partial charge in [-0.2, -0.15) is 5.10 Å². The van der Waals surface area contributed by atoms with E-state index in [0.717, 1.165) is 0 Å². The number of benzene rings is 1. The maximum Gasteiger partial charge on any atom is 0.313 e. The molecule has 0 radical (unpaired) electrons. The molecule has 11 nitrogen and oxygen atoms in total. The first-order chi connectivity index (χ1) is 17.0. The van der Waals surface area contributed by atoms with Gasteiger partial charge in [-0.3, -0.25) is 24.0 Å². The van der Waals surface area contributed by atoms with E-state index >= 15 is 0 Å². The molecule has 0 saturated carbocycles. The van der Waals surface area contributed by atoms with Crippen LogP contribution in [0.1, 0.15) is 54.5 Å². The van der Waals surface area contributed by atoms with Gasteiger partial charge >= 0.3 is 5.97 Å². The number of piperidine rings is 1. The quantitative estimate of drug-likeness (QED) is 0.216. The average molecular weight is 560 g/mol. The Kier molecular flexibility index (Phi) is 9.68. The summed E-state index contributed by atoms with van der Waals surface area (Å²) in [4.78, 5) is 47.5. The van der Waals surface area contributed by atoms with Gasteiger partial charge in [0.1, 0.15) is 5.69 Å². The van der Waals surface area contributed by atoms with Gasteiger partial charge in [0.15, 0.2) is 6.79 Å². The van der Waals surface area contributed by atoms with E-state index in [0.29, 0.717) is 25.9 Å². The Hall–Kier alpha value is -2.27. The summed E-state index contributed by atoms with van der Waals surface area (Å²) in [6, 6.07) is 4.54. The summed E-state index contributed by atoms with van der Waals surface area (Å²) in [6.45, 7) is 5.79. The number of nitrogens with one attached hydrogen (secondary N) is 3. The second-order valence-corrected chi connectivity index (χ2v) is 11.2. The molecule has 0 bridgehead atoms. The van der Waals surface area contributed by atoms with Crippen molar-refractivity contribution in [3.8, 4) is 0 Å². The summed E-state index contributed by atoms with van der Waals surface area (Å²) in [5, 5.41) is 12.3. The fourth-order valence-electron chi connectivity index (χ4n) is 3.32. The summed E-state index contributed by atoms with van der Waals surface area (Å²) < 4.78 is 12.0. The molecular weight excluding hydrogens is 532 g/mol. The molecule has 2 aromatic rings. The summed E-state index contributed by atoms with van der Waals surface area (Å²) in [7, 11) is -1.93. The van der Waals surface area contributed by atoms with Crippen LogP contribution in [-0.2, 0) is 14.1 Å². The van der Waals surface area contributed by atoms with E-state index in [9.17, 15) is 19.3 Å². The van der Waals surface area contributed by atoms with Crippen LogP contribution in [0, 0.1) is 5.41 Å². The van der Waals surface area contributed by atoms with Crippen molar-refractivity contribution >= 4 is 55.2 Å². The fourth-order valence-corrected chi connectivity index (χ4v) is 4.77. The molecule has 0 spiro atoms. The highest BCUT2D eigenvalue weighted by Crippen LogP contribution is 2.39. The van der Waals surface area contributed by atoms with Crippen molar-refractivity contribution < 1.29 is 28.5 Å². The first-order valence-electron chi connectivity index (χ1n) is 11.1. The van der Waals surface area contributed by atoms with E-state index < -0.39 is 31.7 Å². The molecule has 4 N–H and O–H groups in total. The molecule has 1 aromatic carbocycles. The Morgan fingerprint density at radius 1 is 1.19 bits per heavy atom. The smallest absolute Gasteiger partial charge is 0.313 e. The maximum atomic E-state index is 12.8. The highest BCUT2D eigenvalue weighted by molar-refractivity contribution is 7.43. The molecule has 0 aliphatic carbocycles. The van der Waals surface area contributed by atoms with Gasteiger partial charge in [-0.15, -0.1) is 0 Å². The van der Waals surface area contributed by atoms with Crippen molar-refractivity contribution in [2.45, 2.75) is 39.7 Å². The van der Waals surface area contributed by atoms with Crippen LogP contribution in [0.3, 0.4) is 0 Å². The van der Waals surface area contributed by atoms with Gasteiger partial charge in [-0.05, 0) is 45.7 Å². The number of hydrogen-bond donors (Lipinski definition) is 4. The van der Waals surface area contributed by atoms with Crippen molar-refractivity contribution in [3.05, 3.63) is 45.7 Å². The number of carbonyl (C=O) groups is 3. The third kappa shape index (κ3) is 7.38. The summed E-state index contributed by atoms with van der Waals surface area (Å²) in [6.07, 6.45) is 2.44. The molecule has 2 amide bonds. The van der Waals surface area contributed by atoms with Crippen LogP contribution in [0.5, 0.6) is 0 Å². The highest BCUT2D eigenvalue weighted by Gasteiger charge is 2.29. The summed E-state index contributed by atoms with van der Waals surface area (Å²) >= 11 is 12.2. The van der Waals surface area contributed by atoms with Crippen LogP contribution in [-0.4, -0.2) is 63.5 Å². The van der Waals surface area contributed by atoms with E-state index in [-0.39, 0.29) is 39.8 Å². The summed E-state index contributed by atoms with van der Waals surface area (Å²) in [5.74, 6) is -1.43. The van der Waals surface area contributed by atoms with Crippen molar-refractivity contribution in [1.82, 2.24) is 20.2 Å². The van der Waals surface area contributed by atoms with Crippen LogP contribution in [0.4, 0.5) is 5.69 Å². The minimum atomic E-state index is -1.93. The highest BCUT2D eigenvalue weighted by atomic mass is 35.5. The number of H-pyrrole nitrogens is 1. The number of nitrogens with zero attached hydrogens (tertiary/aromatic N) is 2. The third-order valence-corrected chi connectivity index (χ3v) is 7.17. The number of aromatic nitrogens is 2. The first kappa shape index (κ1) is 28.3. The third-order valence-electron chi connectivity index (χ3n) is 5.32. The minimum Gasteiger partial charge on any atom is -0.438 e. The predicted molar refractivity (Wildman–Crippen MR) is 136 cm³/mol. The Balaban J connectivity index is 1.48. The van der Waals surface area contributed by atoms with Gasteiger partial charge < -0.3 is 20.3 Å². The van der Waals surface area contributed by atoms with Gasteiger partial charge in [-0.25, -0.2) is 4.67 Å². The van der Waals surface area contributed by atoms with Crippen LogP contribution >= 0.6 is 31.7 Å². The lowest BCUT2D eigenvalue weighted by atomic mass is 9.98. The fraction of sp³-hybridized carbons (Fsp3) is 0.455. The number of carbonyl (C=O) groups excluding carboxylic acids is 3. The maximum absolute atomic E-state index is 12.8. The molecule has 1 fully saturated rings. The summed E-state index contributed by atoms with van der Waals surface area (Å²) in [5.41, 5.74) is -0.293. The molecule has 196 valence electrons. The van der Waals surface area contributed by atoms with Crippen molar-refractivity contribution in [2.24, 2.45) is 5.41 Å². The molecule has 3 rings (SSSR count). The molecule has 1 aromatic heterocycles. The molecule has 1 atom stereocenters. The van der Waals surface area contributed by atoms with E-state index in [2.05, 4.69) is 20.8 Å². The van der Waals surface area contributed by atoms with Crippen molar-refractivity contribution in [3.63, 3.8) is 0 Å². The number of ether oxygens (including phenoxy) is 1. The monoisotopic (exact) mass is 559 g/mol. The molecule has 36 heavy (non-hydrogen) atoms. The molecule has 1 unspecified atom stereocenters. The second-order valence-electron chi connectivity index (χ2n) is 9.09. The molecule has 14 heteroatoms. The topological polar surface area (TPSA) is 146 Å². The second kappa shape index (κ2) is 12.3. The number of halogens is 2. The molecule has 2 heterocycles.